The molecule has 0 aliphatic carbocycles. The van der Waals surface area contributed by atoms with Gasteiger partial charge in [0.05, 0.1) is 19.5 Å². The van der Waals surface area contributed by atoms with E-state index in [1.165, 1.54) is 19.5 Å². The van der Waals surface area contributed by atoms with Gasteiger partial charge in [-0.1, -0.05) is 18.2 Å². The molecule has 0 radical (unpaired) electrons. The first-order valence-electron chi connectivity index (χ1n) is 9.64. The van der Waals surface area contributed by atoms with Crippen LogP contribution in [-0.4, -0.2) is 48.1 Å². The van der Waals surface area contributed by atoms with Gasteiger partial charge in [0, 0.05) is 23.7 Å². The summed E-state index contributed by atoms with van der Waals surface area (Å²) in [5, 5.41) is 6.07. The minimum atomic E-state index is -0.597. The molecular weight excluding hydrogens is 424 g/mol. The van der Waals surface area contributed by atoms with Crippen molar-refractivity contribution in [3.05, 3.63) is 53.5 Å². The minimum absolute atomic E-state index is 0.187. The monoisotopic (exact) mass is 446 g/mol. The van der Waals surface area contributed by atoms with Gasteiger partial charge in [0.1, 0.15) is 5.75 Å². The third-order valence-electron chi connectivity index (χ3n) is 4.47. The normalized spacial score (nSPS) is 14.6. The van der Waals surface area contributed by atoms with Gasteiger partial charge < -0.3 is 24.8 Å². The molecule has 0 unspecified atom stereocenters. The summed E-state index contributed by atoms with van der Waals surface area (Å²) in [4.78, 5) is 32.1. The fourth-order valence-electron chi connectivity index (χ4n) is 2.90. The van der Waals surface area contributed by atoms with E-state index in [0.717, 1.165) is 5.56 Å². The van der Waals surface area contributed by atoms with E-state index in [1.807, 2.05) is 6.07 Å². The van der Waals surface area contributed by atoms with E-state index in [9.17, 15) is 9.59 Å². The number of ether oxygens (including phenoxy) is 3. The lowest BCUT2D eigenvalue weighted by Gasteiger charge is -2.25. The lowest BCUT2D eigenvalue weighted by Crippen LogP contribution is -2.40. The fourth-order valence-corrected chi connectivity index (χ4v) is 3.09. The van der Waals surface area contributed by atoms with E-state index >= 15 is 0 Å². The average molecular weight is 447 g/mol. The molecule has 1 aromatic carbocycles. The van der Waals surface area contributed by atoms with Gasteiger partial charge >= 0.3 is 6.01 Å². The number of methoxy groups -OCH3 is 1. The van der Waals surface area contributed by atoms with Crippen LogP contribution in [0, 0.1) is 0 Å². The van der Waals surface area contributed by atoms with Crippen LogP contribution in [0.15, 0.2) is 42.9 Å². The Balaban J connectivity index is 1.34. The van der Waals surface area contributed by atoms with Gasteiger partial charge in [0.25, 0.3) is 11.8 Å². The molecule has 31 heavy (non-hydrogen) atoms. The highest BCUT2D eigenvalue weighted by molar-refractivity contribution is 6.30. The quantitative estimate of drug-likeness (QED) is 0.606. The average Bonchev–Trinajstić information content (AvgIpc) is 2.77. The minimum Gasteiger partial charge on any atom is -0.481 e. The number of aryl methyl sites for hydroxylation is 1. The third kappa shape index (κ3) is 6.58. The van der Waals surface area contributed by atoms with Crippen molar-refractivity contribution in [2.75, 3.05) is 20.3 Å². The molecule has 0 fully saturated rings. The van der Waals surface area contributed by atoms with Gasteiger partial charge in [0.15, 0.2) is 18.5 Å². The molecule has 0 saturated carbocycles. The summed E-state index contributed by atoms with van der Waals surface area (Å²) in [5.74, 6) is 0.431. The third-order valence-corrected chi connectivity index (χ3v) is 4.70. The predicted octanol–water partition coefficient (Wildman–Crippen LogP) is 2.05. The number of benzene rings is 1. The first-order chi connectivity index (χ1) is 14.9. The smallest absolute Gasteiger partial charge is 0.316 e. The fraction of sp³-hybridized carbons (Fsp3) is 0.333. The second-order valence-electron chi connectivity index (χ2n) is 6.78. The molecule has 164 valence electrons. The zero-order valence-corrected chi connectivity index (χ0v) is 17.8. The molecule has 1 aromatic heterocycles. The number of amides is 2. The first-order valence-corrected chi connectivity index (χ1v) is 10.0. The van der Waals surface area contributed by atoms with Crippen molar-refractivity contribution in [1.29, 1.82) is 0 Å². The Bertz CT molecular complexity index is 951. The van der Waals surface area contributed by atoms with Crippen LogP contribution in [0.4, 0.5) is 0 Å². The van der Waals surface area contributed by atoms with Gasteiger partial charge in [0.2, 0.25) is 0 Å². The van der Waals surface area contributed by atoms with Crippen LogP contribution in [-0.2, 0) is 16.0 Å². The van der Waals surface area contributed by atoms with E-state index in [1.54, 1.807) is 12.1 Å². The summed E-state index contributed by atoms with van der Waals surface area (Å²) in [6.45, 7) is 3.95. The highest BCUT2D eigenvalue weighted by atomic mass is 35.5. The Morgan fingerprint density at radius 2 is 2.10 bits per heavy atom. The van der Waals surface area contributed by atoms with Gasteiger partial charge in [-0.3, -0.25) is 9.59 Å². The van der Waals surface area contributed by atoms with Gasteiger partial charge in [-0.25, -0.2) is 0 Å². The van der Waals surface area contributed by atoms with Crippen LogP contribution in [0.25, 0.3) is 0 Å². The van der Waals surface area contributed by atoms with Crippen molar-refractivity contribution >= 4 is 23.4 Å². The maximum absolute atomic E-state index is 12.4. The second-order valence-corrected chi connectivity index (χ2v) is 7.22. The zero-order chi connectivity index (χ0) is 22.2. The van der Waals surface area contributed by atoms with Crippen LogP contribution < -0.4 is 24.8 Å². The van der Waals surface area contributed by atoms with E-state index < -0.39 is 6.10 Å². The van der Waals surface area contributed by atoms with Crippen molar-refractivity contribution in [1.82, 2.24) is 20.6 Å². The molecule has 2 amide bonds. The number of hydrogen-bond donors (Lipinski definition) is 2. The summed E-state index contributed by atoms with van der Waals surface area (Å²) in [5.41, 5.74) is 1.47. The highest BCUT2D eigenvalue weighted by Gasteiger charge is 2.26. The number of halogens is 1. The molecule has 10 heteroatoms. The molecular formula is C21H23ClN4O5. The Hall–Kier alpha value is -3.33. The molecule has 1 aliphatic rings. The molecule has 0 bridgehead atoms. The molecule has 3 rings (SSSR count). The molecule has 2 N–H and O–H groups in total. The maximum Gasteiger partial charge on any atom is 0.316 e. The van der Waals surface area contributed by atoms with E-state index in [4.69, 9.17) is 25.8 Å². The summed E-state index contributed by atoms with van der Waals surface area (Å²) >= 11 is 5.98. The van der Waals surface area contributed by atoms with Crippen LogP contribution in [0.2, 0.25) is 5.02 Å². The number of fused-ring (bicyclic) bond motifs is 1. The van der Waals surface area contributed by atoms with Gasteiger partial charge in [-0.2, -0.15) is 9.97 Å². The number of hydrogen-bond acceptors (Lipinski definition) is 7. The molecule has 1 atom stereocenters. The molecule has 1 aliphatic heterocycles. The van der Waals surface area contributed by atoms with Crippen LogP contribution in [0.3, 0.4) is 0 Å². The molecule has 2 heterocycles. The van der Waals surface area contributed by atoms with E-state index in [2.05, 4.69) is 27.2 Å². The largest absolute Gasteiger partial charge is 0.481 e. The lowest BCUT2D eigenvalue weighted by molar-refractivity contribution is -0.128. The summed E-state index contributed by atoms with van der Waals surface area (Å²) in [7, 11) is 1.46. The Morgan fingerprint density at radius 1 is 1.32 bits per heavy atom. The van der Waals surface area contributed by atoms with Crippen molar-refractivity contribution in [3.63, 3.8) is 0 Å². The molecule has 2 aromatic rings. The Labute approximate surface area is 184 Å². The summed E-state index contributed by atoms with van der Waals surface area (Å²) in [6, 6.07) is 5.55. The highest BCUT2D eigenvalue weighted by Crippen LogP contribution is 2.30. The molecule has 0 spiro atoms. The predicted molar refractivity (Wildman–Crippen MR) is 113 cm³/mol. The molecule has 9 nitrogen and oxygen atoms in total. The number of rotatable bonds is 9. The zero-order valence-electron chi connectivity index (χ0n) is 17.0. The van der Waals surface area contributed by atoms with Crippen molar-refractivity contribution in [2.45, 2.75) is 25.4 Å². The molecule has 0 saturated heterocycles. The SMILES string of the molecule is C=C(CCNC(=O)COc1cnc(OC)nc1)NC(=O)[C@H]1CCc2cc(Cl)ccc2O1. The number of carbonyl (C=O) groups is 2. The van der Waals surface area contributed by atoms with E-state index in [0.29, 0.717) is 48.0 Å². The van der Waals surface area contributed by atoms with Gasteiger partial charge in [-0.15, -0.1) is 0 Å². The number of nitrogens with one attached hydrogen (secondary N) is 2. The summed E-state index contributed by atoms with van der Waals surface area (Å²) < 4.78 is 15.9. The Kier molecular flexibility index (Phi) is 7.66. The summed E-state index contributed by atoms with van der Waals surface area (Å²) in [6.07, 6.45) is 3.86. The maximum atomic E-state index is 12.4. The van der Waals surface area contributed by atoms with Crippen LogP contribution in [0.1, 0.15) is 18.4 Å². The van der Waals surface area contributed by atoms with Crippen LogP contribution >= 0.6 is 11.6 Å². The van der Waals surface area contributed by atoms with Crippen molar-refractivity contribution in [2.24, 2.45) is 0 Å². The van der Waals surface area contributed by atoms with Crippen LogP contribution in [0.5, 0.6) is 17.5 Å². The number of aromatic nitrogens is 2. The Morgan fingerprint density at radius 3 is 2.84 bits per heavy atom. The first kappa shape index (κ1) is 22.4. The van der Waals surface area contributed by atoms with E-state index in [-0.39, 0.29) is 24.4 Å². The topological polar surface area (TPSA) is 112 Å². The second kappa shape index (κ2) is 10.6. The lowest BCUT2D eigenvalue weighted by atomic mass is 10.0. The standard InChI is InChI=1S/C21H23ClN4O5/c1-13(7-8-23-19(27)12-30-16-10-24-21(29-2)25-11-16)26-20(28)18-5-3-14-9-15(22)4-6-17(14)31-18/h4,6,9-11,18H,1,3,5,7-8,12H2,2H3,(H,23,27)(H,26,28)/t18-/m1/s1. The number of nitrogens with zero attached hydrogens (tertiary/aromatic N) is 2. The van der Waals surface area contributed by atoms with Crippen molar-refractivity contribution < 1.29 is 23.8 Å². The number of carbonyl (C=O) groups excluding carboxylic acids is 2. The van der Waals surface area contributed by atoms with Crippen molar-refractivity contribution in [3.8, 4) is 17.5 Å². The van der Waals surface area contributed by atoms with Gasteiger partial charge in [-0.05, 0) is 36.6 Å².